The molecule has 18 heavy (non-hydrogen) atoms. The second kappa shape index (κ2) is 5.20. The van der Waals surface area contributed by atoms with E-state index in [2.05, 4.69) is 0 Å². The molecule has 0 unspecified atom stereocenters. The lowest BCUT2D eigenvalue weighted by Crippen LogP contribution is -2.55. The van der Waals surface area contributed by atoms with E-state index in [0.717, 1.165) is 0 Å². The van der Waals surface area contributed by atoms with Crippen LogP contribution in [0.4, 0.5) is 0 Å². The number of hydrogen-bond acceptors (Lipinski definition) is 0. The molecule has 8 heteroatoms. The summed E-state index contributed by atoms with van der Waals surface area (Å²) in [5.74, 6) is 0.111. The van der Waals surface area contributed by atoms with Crippen LogP contribution in [0, 0.1) is 16.7 Å². The summed E-state index contributed by atoms with van der Waals surface area (Å²) in [6, 6.07) is 0. The van der Waals surface area contributed by atoms with Crippen molar-refractivity contribution in [2.45, 2.75) is 26.3 Å². The van der Waals surface area contributed by atoms with Crippen molar-refractivity contribution in [3.63, 3.8) is 0 Å². The maximum absolute atomic E-state index is 6.45. The quantitative estimate of drug-likeness (QED) is 0.523. The standard InChI is InChI=1S/C10H10Cl8/c11-2-8(7(15)16)4-1-10(17,18)9(8,3-12)6(14)5(4)13/h4-7H,1-3H2/t4-,5+,6-,8+,9+/m0/s1. The number of halogens is 8. The predicted octanol–water partition coefficient (Wildman–Crippen LogP) is 5.66. The van der Waals surface area contributed by atoms with Gasteiger partial charge in [-0.05, 0) is 12.3 Å². The van der Waals surface area contributed by atoms with Crippen LogP contribution in [0.15, 0.2) is 0 Å². The third-order valence-electron chi connectivity index (χ3n) is 4.58. The highest BCUT2D eigenvalue weighted by atomic mass is 35.5. The van der Waals surface area contributed by atoms with Gasteiger partial charge in [0.2, 0.25) is 0 Å². The fourth-order valence-electron chi connectivity index (χ4n) is 3.57. The molecule has 0 spiro atoms. The molecule has 2 aliphatic carbocycles. The summed E-state index contributed by atoms with van der Waals surface area (Å²) in [5, 5.41) is -0.876. The van der Waals surface area contributed by atoms with Crippen molar-refractivity contribution in [3.8, 4) is 0 Å². The SMILES string of the molecule is ClC[C@]1(C(Cl)Cl)[C@H]2CC(Cl)(Cl)[C@]1(CCl)[C@@H](Cl)[C@@H]2Cl. The Bertz CT molecular complexity index is 345. The molecule has 2 rings (SSSR count). The summed E-state index contributed by atoms with van der Waals surface area (Å²) < 4.78 is -1.13. The maximum atomic E-state index is 6.45. The lowest BCUT2D eigenvalue weighted by molar-refractivity contribution is 0.149. The molecule has 0 amide bonds. The van der Waals surface area contributed by atoms with Gasteiger partial charge in [0.25, 0.3) is 0 Å². The zero-order chi connectivity index (χ0) is 13.9. The van der Waals surface area contributed by atoms with Crippen LogP contribution in [0.3, 0.4) is 0 Å². The minimum atomic E-state index is -1.13. The molecule has 0 aliphatic heterocycles. The molecule has 0 radical (unpaired) electrons. The van der Waals surface area contributed by atoms with Crippen molar-refractivity contribution >= 4 is 92.8 Å². The lowest BCUT2D eigenvalue weighted by Gasteiger charge is -2.48. The Balaban J connectivity index is 2.68. The van der Waals surface area contributed by atoms with Gasteiger partial charge in [-0.1, -0.05) is 0 Å². The van der Waals surface area contributed by atoms with Gasteiger partial charge < -0.3 is 0 Å². The van der Waals surface area contributed by atoms with Gasteiger partial charge in [-0.2, -0.15) is 0 Å². The summed E-state index contributed by atoms with van der Waals surface area (Å²) in [6.07, 6.45) is 0.433. The van der Waals surface area contributed by atoms with Crippen molar-refractivity contribution in [3.05, 3.63) is 0 Å². The molecule has 5 atom stereocenters. The average Bonchev–Trinajstić information content (AvgIpc) is 2.61. The zero-order valence-corrected chi connectivity index (χ0v) is 15.0. The monoisotopic (exact) mass is 410 g/mol. The molecular formula is C10H10Cl8. The highest BCUT2D eigenvalue weighted by Crippen LogP contribution is 2.77. The Labute approximate surface area is 146 Å². The molecule has 0 aromatic heterocycles. The van der Waals surface area contributed by atoms with Gasteiger partial charge in [-0.3, -0.25) is 0 Å². The van der Waals surface area contributed by atoms with Crippen molar-refractivity contribution in [1.82, 2.24) is 0 Å². The van der Waals surface area contributed by atoms with E-state index >= 15 is 0 Å². The van der Waals surface area contributed by atoms with Gasteiger partial charge in [0, 0.05) is 22.6 Å². The molecule has 106 valence electrons. The molecule has 2 bridgehead atoms. The summed E-state index contributed by atoms with van der Waals surface area (Å²) in [4.78, 5) is -0.789. The van der Waals surface area contributed by atoms with E-state index in [4.69, 9.17) is 92.8 Å². The zero-order valence-electron chi connectivity index (χ0n) is 8.95. The van der Waals surface area contributed by atoms with Crippen molar-refractivity contribution in [1.29, 1.82) is 0 Å². The van der Waals surface area contributed by atoms with E-state index in [0.29, 0.717) is 6.42 Å². The summed E-state index contributed by atoms with van der Waals surface area (Å²) >= 11 is 50.4. The van der Waals surface area contributed by atoms with Gasteiger partial charge in [-0.25, -0.2) is 0 Å². The number of rotatable bonds is 3. The topological polar surface area (TPSA) is 0 Å². The van der Waals surface area contributed by atoms with Crippen LogP contribution in [0.25, 0.3) is 0 Å². The smallest absolute Gasteiger partial charge is 0.126 e. The van der Waals surface area contributed by atoms with E-state index in [1.54, 1.807) is 0 Å². The minimum absolute atomic E-state index is 0.108. The molecule has 0 nitrogen and oxygen atoms in total. The lowest BCUT2D eigenvalue weighted by atomic mass is 9.69. The fraction of sp³-hybridized carbons (Fsp3) is 1.00. The Morgan fingerprint density at radius 1 is 1.06 bits per heavy atom. The second-order valence-electron chi connectivity index (χ2n) is 4.94. The first-order valence-corrected chi connectivity index (χ1v) is 8.86. The molecule has 2 saturated carbocycles. The Morgan fingerprint density at radius 2 is 1.61 bits per heavy atom. The van der Waals surface area contributed by atoms with Gasteiger partial charge in [0.1, 0.15) is 9.17 Å². The van der Waals surface area contributed by atoms with Crippen molar-refractivity contribution in [2.24, 2.45) is 16.7 Å². The first-order chi connectivity index (χ1) is 8.23. The molecule has 0 N–H and O–H groups in total. The van der Waals surface area contributed by atoms with Gasteiger partial charge in [0.15, 0.2) is 0 Å². The maximum Gasteiger partial charge on any atom is 0.127 e. The Kier molecular flexibility index (Phi) is 4.82. The van der Waals surface area contributed by atoms with Crippen LogP contribution in [0.5, 0.6) is 0 Å². The van der Waals surface area contributed by atoms with E-state index in [9.17, 15) is 0 Å². The summed E-state index contributed by atoms with van der Waals surface area (Å²) in [5.41, 5.74) is -1.68. The average molecular weight is 414 g/mol. The van der Waals surface area contributed by atoms with Gasteiger partial charge in [0.05, 0.1) is 10.8 Å². The minimum Gasteiger partial charge on any atom is -0.126 e. The number of hydrogen-bond donors (Lipinski definition) is 0. The van der Waals surface area contributed by atoms with Gasteiger partial charge >= 0.3 is 0 Å². The Hall–Kier alpha value is 2.32. The van der Waals surface area contributed by atoms with Crippen LogP contribution < -0.4 is 0 Å². The largest absolute Gasteiger partial charge is 0.127 e. The molecule has 0 aromatic rings. The van der Waals surface area contributed by atoms with E-state index in [1.807, 2.05) is 0 Å². The molecule has 2 aliphatic rings. The van der Waals surface area contributed by atoms with E-state index < -0.39 is 25.4 Å². The molecule has 2 fully saturated rings. The van der Waals surface area contributed by atoms with Crippen LogP contribution in [0.1, 0.15) is 6.42 Å². The first-order valence-electron chi connectivity index (χ1n) is 5.29. The summed E-state index contributed by atoms with van der Waals surface area (Å²) in [6.45, 7) is 0. The van der Waals surface area contributed by atoms with Crippen LogP contribution >= 0.6 is 92.8 Å². The van der Waals surface area contributed by atoms with Crippen molar-refractivity contribution < 1.29 is 0 Å². The van der Waals surface area contributed by atoms with Crippen LogP contribution in [0.2, 0.25) is 0 Å². The Morgan fingerprint density at radius 3 is 1.94 bits per heavy atom. The van der Waals surface area contributed by atoms with Crippen LogP contribution in [-0.2, 0) is 0 Å². The molecule has 0 heterocycles. The molecule has 0 saturated heterocycles. The van der Waals surface area contributed by atoms with Crippen LogP contribution in [-0.4, -0.2) is 31.7 Å². The van der Waals surface area contributed by atoms with Gasteiger partial charge in [-0.15, -0.1) is 92.8 Å². The molecule has 0 aromatic carbocycles. The summed E-state index contributed by atoms with van der Waals surface area (Å²) in [7, 11) is 0. The normalized spacial score (nSPS) is 50.2. The van der Waals surface area contributed by atoms with Crippen molar-refractivity contribution in [2.75, 3.05) is 11.8 Å². The highest BCUT2D eigenvalue weighted by molar-refractivity contribution is 6.52. The fourth-order valence-corrected chi connectivity index (χ4v) is 8.38. The third kappa shape index (κ3) is 1.67. The second-order valence-corrected chi connectivity index (χ2v) is 9.03. The molecular weight excluding hydrogens is 404 g/mol. The highest BCUT2D eigenvalue weighted by Gasteiger charge is 2.81. The first kappa shape index (κ1) is 16.7. The van der Waals surface area contributed by atoms with E-state index in [-0.39, 0.29) is 23.1 Å². The number of alkyl halides is 8. The van der Waals surface area contributed by atoms with E-state index in [1.165, 1.54) is 0 Å². The predicted molar refractivity (Wildman–Crippen MR) is 83.6 cm³/mol. The number of fused-ring (bicyclic) bond motifs is 2. The third-order valence-corrected chi connectivity index (χ3v) is 8.53.